The van der Waals surface area contributed by atoms with Crippen molar-refractivity contribution in [3.8, 4) is 5.75 Å². The summed E-state index contributed by atoms with van der Waals surface area (Å²) in [5, 5.41) is 6.51. The summed E-state index contributed by atoms with van der Waals surface area (Å²) in [7, 11) is 1.58. The highest BCUT2D eigenvalue weighted by Crippen LogP contribution is 2.28. The minimum Gasteiger partial charge on any atom is -0.432 e. The smallest absolute Gasteiger partial charge is 0.387 e. The number of rotatable bonds is 8. The molecule has 10 nitrogen and oxygen atoms in total. The predicted molar refractivity (Wildman–Crippen MR) is 112 cm³/mol. The summed E-state index contributed by atoms with van der Waals surface area (Å²) in [6.45, 7) is -2.12. The molecule has 12 heteroatoms. The van der Waals surface area contributed by atoms with E-state index in [0.29, 0.717) is 23.4 Å². The second kappa shape index (κ2) is 9.28. The van der Waals surface area contributed by atoms with Gasteiger partial charge in [-0.05, 0) is 37.3 Å². The van der Waals surface area contributed by atoms with E-state index in [1.54, 1.807) is 19.2 Å². The van der Waals surface area contributed by atoms with E-state index >= 15 is 0 Å². The van der Waals surface area contributed by atoms with E-state index in [2.05, 4.69) is 30.3 Å². The molecule has 2 fully saturated rings. The molecule has 2 aliphatic rings. The Bertz CT molecular complexity index is 959. The van der Waals surface area contributed by atoms with Gasteiger partial charge in [0.2, 0.25) is 5.95 Å². The molecule has 2 aromatic heterocycles. The normalized spacial score (nSPS) is 20.9. The number of aromatic nitrogens is 3. The van der Waals surface area contributed by atoms with Crippen molar-refractivity contribution in [2.75, 3.05) is 35.7 Å². The van der Waals surface area contributed by atoms with Gasteiger partial charge in [-0.2, -0.15) is 8.78 Å². The maximum absolute atomic E-state index is 12.2. The first-order valence-electron chi connectivity index (χ1n) is 10.2. The number of hydrogen-bond donors (Lipinski definition) is 2. The molecule has 170 valence electrons. The Morgan fingerprint density at radius 3 is 2.56 bits per heavy atom. The average molecular weight is 447 g/mol. The average Bonchev–Trinajstić information content (AvgIpc) is 3.31. The van der Waals surface area contributed by atoms with Crippen molar-refractivity contribution in [3.63, 3.8) is 0 Å². The third-order valence-electron chi connectivity index (χ3n) is 5.45. The third-order valence-corrected chi connectivity index (χ3v) is 5.45. The zero-order valence-electron chi connectivity index (χ0n) is 17.4. The molecule has 2 N–H and O–H groups in total. The molecule has 0 radical (unpaired) electrons. The number of likely N-dealkylation sites (N-methyl/N-ethyl adjacent to an activating group) is 1. The van der Waals surface area contributed by atoms with Crippen LogP contribution in [0.25, 0.3) is 0 Å². The fourth-order valence-corrected chi connectivity index (χ4v) is 3.87. The fourth-order valence-electron chi connectivity index (χ4n) is 3.87. The van der Waals surface area contributed by atoms with Gasteiger partial charge in [0.1, 0.15) is 12.4 Å². The van der Waals surface area contributed by atoms with E-state index < -0.39 is 6.61 Å². The fraction of sp³-hybridized carbons (Fsp3) is 0.450. The van der Waals surface area contributed by atoms with Gasteiger partial charge >= 0.3 is 12.6 Å². The van der Waals surface area contributed by atoms with Gasteiger partial charge < -0.3 is 20.3 Å². The molecule has 1 aliphatic carbocycles. The highest BCUT2D eigenvalue weighted by molar-refractivity contribution is 6.19. The Hall–Kier alpha value is -3.57. The van der Waals surface area contributed by atoms with Crippen LogP contribution in [-0.2, 0) is 4.79 Å². The number of amides is 3. The lowest BCUT2D eigenvalue weighted by atomic mass is 10.1. The molecule has 32 heavy (non-hydrogen) atoms. The summed E-state index contributed by atoms with van der Waals surface area (Å²) >= 11 is 0. The van der Waals surface area contributed by atoms with E-state index in [0.717, 1.165) is 30.7 Å². The zero-order chi connectivity index (χ0) is 22.7. The standard InChI is InChI=1S/C20H23F2N7O3/c1-28-11-17(30)29(20(28)31)14-4-5-16(24-8-14)23-7-12-2-3-13(6-12)27-19-25-9-15(10-26-19)32-18(21)22/h4-5,8-10,12-13,18H,2-3,6-7,11H2,1H3,(H,23,24)(H,25,26,27)/t12-,13-/m0/s1. The molecule has 1 saturated heterocycles. The van der Waals surface area contributed by atoms with Crippen molar-refractivity contribution in [2.24, 2.45) is 5.92 Å². The van der Waals surface area contributed by atoms with Gasteiger partial charge in [0.05, 0.1) is 24.3 Å². The molecule has 1 aliphatic heterocycles. The van der Waals surface area contributed by atoms with Crippen molar-refractivity contribution in [3.05, 3.63) is 30.7 Å². The van der Waals surface area contributed by atoms with Crippen LogP contribution in [0.15, 0.2) is 30.7 Å². The summed E-state index contributed by atoms with van der Waals surface area (Å²) in [5.74, 6) is 1.09. The van der Waals surface area contributed by atoms with E-state index in [1.807, 2.05) is 0 Å². The van der Waals surface area contributed by atoms with Crippen molar-refractivity contribution in [2.45, 2.75) is 31.9 Å². The van der Waals surface area contributed by atoms with Crippen LogP contribution in [-0.4, -0.2) is 64.6 Å². The van der Waals surface area contributed by atoms with Gasteiger partial charge in [-0.1, -0.05) is 0 Å². The molecule has 0 spiro atoms. The summed E-state index contributed by atoms with van der Waals surface area (Å²) in [6, 6.07) is 3.27. The van der Waals surface area contributed by atoms with Crippen molar-refractivity contribution in [1.29, 1.82) is 0 Å². The Labute approximate surface area is 183 Å². The van der Waals surface area contributed by atoms with Crippen molar-refractivity contribution in [1.82, 2.24) is 19.9 Å². The molecule has 0 aromatic carbocycles. The molecular formula is C20H23F2N7O3. The first-order valence-corrected chi connectivity index (χ1v) is 10.2. The minimum atomic E-state index is -2.90. The Morgan fingerprint density at radius 2 is 1.94 bits per heavy atom. The van der Waals surface area contributed by atoms with Crippen molar-refractivity contribution >= 4 is 29.4 Å². The number of alkyl halides is 2. The van der Waals surface area contributed by atoms with Crippen LogP contribution in [0, 0.1) is 5.92 Å². The lowest BCUT2D eigenvalue weighted by Gasteiger charge is -2.16. The van der Waals surface area contributed by atoms with Gasteiger partial charge in [0, 0.05) is 19.6 Å². The van der Waals surface area contributed by atoms with Gasteiger partial charge in [-0.3, -0.25) is 4.79 Å². The van der Waals surface area contributed by atoms with Crippen LogP contribution in [0.5, 0.6) is 5.75 Å². The number of carbonyl (C=O) groups is 2. The van der Waals surface area contributed by atoms with Gasteiger partial charge in [0.15, 0.2) is 5.75 Å². The van der Waals surface area contributed by atoms with E-state index in [9.17, 15) is 18.4 Å². The number of anilines is 3. The number of carbonyl (C=O) groups excluding carboxylic acids is 2. The number of imide groups is 1. The highest BCUT2D eigenvalue weighted by Gasteiger charge is 2.35. The maximum atomic E-state index is 12.2. The summed E-state index contributed by atoms with van der Waals surface area (Å²) in [6.07, 6.45) is 6.77. The van der Waals surface area contributed by atoms with E-state index in [1.165, 1.54) is 23.5 Å². The number of urea groups is 1. The summed E-state index contributed by atoms with van der Waals surface area (Å²) in [4.78, 5) is 38.8. The molecule has 2 atom stereocenters. The number of hydrogen-bond acceptors (Lipinski definition) is 8. The Morgan fingerprint density at radius 1 is 1.16 bits per heavy atom. The number of pyridine rings is 1. The van der Waals surface area contributed by atoms with E-state index in [4.69, 9.17) is 0 Å². The van der Waals surface area contributed by atoms with Gasteiger partial charge in [0.25, 0.3) is 5.91 Å². The molecular weight excluding hydrogens is 424 g/mol. The second-order valence-electron chi connectivity index (χ2n) is 7.79. The first-order chi connectivity index (χ1) is 15.4. The van der Waals surface area contributed by atoms with Crippen LogP contribution in [0.4, 0.5) is 31.0 Å². The SMILES string of the molecule is CN1CC(=O)N(c2ccc(NC[C@H]3CC[C@H](Nc4ncc(OC(F)F)cn4)C3)nc2)C1=O. The second-order valence-corrected chi connectivity index (χ2v) is 7.79. The highest BCUT2D eigenvalue weighted by atomic mass is 19.3. The predicted octanol–water partition coefficient (Wildman–Crippen LogP) is 2.56. The van der Waals surface area contributed by atoms with E-state index in [-0.39, 0.29) is 30.3 Å². The first kappa shape index (κ1) is 21.7. The molecule has 2 aromatic rings. The van der Waals surface area contributed by atoms with Crippen LogP contribution < -0.4 is 20.3 Å². The number of halogens is 2. The lowest BCUT2D eigenvalue weighted by molar-refractivity contribution is -0.116. The third kappa shape index (κ3) is 5.01. The lowest BCUT2D eigenvalue weighted by Crippen LogP contribution is -2.31. The van der Waals surface area contributed by atoms with Crippen LogP contribution >= 0.6 is 0 Å². The van der Waals surface area contributed by atoms with Crippen LogP contribution in [0.2, 0.25) is 0 Å². The van der Waals surface area contributed by atoms with Gasteiger partial charge in [-0.15, -0.1) is 0 Å². The number of nitrogens with one attached hydrogen (secondary N) is 2. The minimum absolute atomic E-state index is 0.0639. The molecule has 3 heterocycles. The Kier molecular flexibility index (Phi) is 6.28. The number of nitrogens with zero attached hydrogens (tertiary/aromatic N) is 5. The zero-order valence-corrected chi connectivity index (χ0v) is 17.4. The molecule has 0 unspecified atom stereocenters. The molecule has 1 saturated carbocycles. The topological polar surface area (TPSA) is 113 Å². The van der Waals surface area contributed by atoms with Crippen LogP contribution in [0.1, 0.15) is 19.3 Å². The maximum Gasteiger partial charge on any atom is 0.387 e. The summed E-state index contributed by atoms with van der Waals surface area (Å²) < 4.78 is 28.6. The largest absolute Gasteiger partial charge is 0.432 e. The summed E-state index contributed by atoms with van der Waals surface area (Å²) in [5.41, 5.74) is 0.449. The monoisotopic (exact) mass is 447 g/mol. The molecule has 0 bridgehead atoms. The molecule has 4 rings (SSSR count). The quantitative estimate of drug-likeness (QED) is 0.594. The number of ether oxygens (including phenoxy) is 1. The van der Waals surface area contributed by atoms with Crippen LogP contribution in [0.3, 0.4) is 0 Å². The molecule has 3 amide bonds. The van der Waals surface area contributed by atoms with Crippen molar-refractivity contribution < 1.29 is 23.1 Å². The van der Waals surface area contributed by atoms with Gasteiger partial charge in [-0.25, -0.2) is 24.6 Å². The Balaban J connectivity index is 1.24.